The predicted octanol–water partition coefficient (Wildman–Crippen LogP) is 4.47. The molecule has 0 fully saturated rings. The van der Waals surface area contributed by atoms with E-state index in [1.807, 2.05) is 31.2 Å². The molecule has 0 atom stereocenters. The van der Waals surface area contributed by atoms with Crippen LogP contribution in [0.5, 0.6) is 5.75 Å². The van der Waals surface area contributed by atoms with E-state index in [0.717, 1.165) is 22.5 Å². The Labute approximate surface area is 159 Å². The first kappa shape index (κ1) is 18.6. The number of aryl methyl sites for hydroxylation is 1. The maximum absolute atomic E-state index is 11.6. The summed E-state index contributed by atoms with van der Waals surface area (Å²) < 4.78 is 10.2. The second kappa shape index (κ2) is 7.59. The van der Waals surface area contributed by atoms with Gasteiger partial charge in [0.15, 0.2) is 5.75 Å². The number of hydrogen-bond donors (Lipinski definition) is 0. The van der Waals surface area contributed by atoms with Crippen molar-refractivity contribution in [3.05, 3.63) is 74.4 Å². The van der Waals surface area contributed by atoms with Crippen LogP contribution in [0.3, 0.4) is 0 Å². The van der Waals surface area contributed by atoms with Gasteiger partial charge in [0.1, 0.15) is 6.61 Å². The summed E-state index contributed by atoms with van der Waals surface area (Å²) in [4.78, 5) is 26.8. The van der Waals surface area contributed by atoms with E-state index < -0.39 is 10.9 Å². The highest BCUT2D eigenvalue weighted by atomic mass is 35.5. The van der Waals surface area contributed by atoms with Crippen LogP contribution >= 0.6 is 11.6 Å². The predicted molar refractivity (Wildman–Crippen MR) is 100 cm³/mol. The van der Waals surface area contributed by atoms with E-state index in [4.69, 9.17) is 16.3 Å². The molecule has 3 aromatic rings. The van der Waals surface area contributed by atoms with Crippen LogP contribution in [-0.4, -0.2) is 23.0 Å². The molecule has 0 radical (unpaired) electrons. The Balaban J connectivity index is 1.93. The highest BCUT2D eigenvalue weighted by Gasteiger charge is 2.20. The Bertz CT molecular complexity index is 1050. The molecule has 0 aliphatic rings. The molecule has 7 nitrogen and oxygen atoms in total. The molecular formula is C19H15ClN2O5. The number of ether oxygens (including phenoxy) is 2. The molecule has 8 heteroatoms. The van der Waals surface area contributed by atoms with Crippen LogP contribution in [0.15, 0.2) is 42.5 Å². The maximum Gasteiger partial charge on any atom is 0.338 e. The Kier molecular flexibility index (Phi) is 5.23. The fourth-order valence-electron chi connectivity index (χ4n) is 2.69. The molecular weight excluding hydrogens is 372 g/mol. The average molecular weight is 387 g/mol. The summed E-state index contributed by atoms with van der Waals surface area (Å²) in [6.45, 7) is 1.83. The molecule has 0 aliphatic heterocycles. The van der Waals surface area contributed by atoms with E-state index in [1.165, 1.54) is 19.2 Å². The number of benzene rings is 2. The van der Waals surface area contributed by atoms with Crippen LogP contribution in [0.25, 0.3) is 10.9 Å². The number of halogens is 1. The Morgan fingerprint density at radius 3 is 2.70 bits per heavy atom. The number of methoxy groups -OCH3 is 1. The molecule has 0 amide bonds. The van der Waals surface area contributed by atoms with Gasteiger partial charge in [-0.25, -0.2) is 9.78 Å². The maximum atomic E-state index is 11.6. The van der Waals surface area contributed by atoms with Gasteiger partial charge in [-0.2, -0.15) is 0 Å². The van der Waals surface area contributed by atoms with E-state index in [-0.39, 0.29) is 23.6 Å². The van der Waals surface area contributed by atoms with Crippen molar-refractivity contribution < 1.29 is 19.2 Å². The van der Waals surface area contributed by atoms with Gasteiger partial charge in [-0.15, -0.1) is 0 Å². The topological polar surface area (TPSA) is 91.6 Å². The van der Waals surface area contributed by atoms with Crippen molar-refractivity contribution in [2.75, 3.05) is 7.11 Å². The van der Waals surface area contributed by atoms with Crippen molar-refractivity contribution in [3.8, 4) is 5.75 Å². The van der Waals surface area contributed by atoms with Crippen molar-refractivity contribution in [1.82, 2.24) is 4.98 Å². The number of pyridine rings is 1. The number of nitro groups is 1. The van der Waals surface area contributed by atoms with Gasteiger partial charge in [-0.3, -0.25) is 10.1 Å². The number of carbonyl (C=O) groups excluding carboxylic acids is 1. The second-order valence-corrected chi connectivity index (χ2v) is 6.11. The van der Waals surface area contributed by atoms with Gasteiger partial charge in [0.05, 0.1) is 33.8 Å². The minimum absolute atomic E-state index is 0.0105. The van der Waals surface area contributed by atoms with Crippen LogP contribution < -0.4 is 4.74 Å². The van der Waals surface area contributed by atoms with Crippen LogP contribution in [-0.2, 0) is 11.3 Å². The molecule has 0 saturated carbocycles. The molecule has 0 aliphatic carbocycles. The lowest BCUT2D eigenvalue weighted by atomic mass is 10.1. The summed E-state index contributed by atoms with van der Waals surface area (Å²) in [5, 5.41) is 12.7. The van der Waals surface area contributed by atoms with Crippen LogP contribution in [0.1, 0.15) is 21.6 Å². The normalized spacial score (nSPS) is 10.6. The lowest BCUT2D eigenvalue weighted by Gasteiger charge is -2.12. The number of nitrogens with zero attached hydrogens (tertiary/aromatic N) is 2. The summed E-state index contributed by atoms with van der Waals surface area (Å²) in [6, 6.07) is 11.4. The number of fused-ring (bicyclic) bond motifs is 1. The van der Waals surface area contributed by atoms with Gasteiger partial charge in [0.2, 0.25) is 0 Å². The SMILES string of the molecule is COC(=O)c1ccc(OCc2nc3ccccc3c(C)c2Cl)c([N+](=O)[O-])c1. The first-order valence-electron chi connectivity index (χ1n) is 7.95. The number of para-hydroxylation sites is 1. The van der Waals surface area contributed by atoms with E-state index in [1.54, 1.807) is 0 Å². The van der Waals surface area contributed by atoms with Crippen LogP contribution in [0.2, 0.25) is 5.02 Å². The molecule has 0 saturated heterocycles. The summed E-state index contributed by atoms with van der Waals surface area (Å²) >= 11 is 6.39. The van der Waals surface area contributed by atoms with Gasteiger partial charge in [0.25, 0.3) is 0 Å². The van der Waals surface area contributed by atoms with Crippen molar-refractivity contribution in [2.45, 2.75) is 13.5 Å². The smallest absolute Gasteiger partial charge is 0.338 e. The summed E-state index contributed by atoms with van der Waals surface area (Å²) in [5.41, 5.74) is 1.81. The van der Waals surface area contributed by atoms with E-state index in [0.29, 0.717) is 10.7 Å². The fraction of sp³-hybridized carbons (Fsp3) is 0.158. The van der Waals surface area contributed by atoms with Gasteiger partial charge in [-0.1, -0.05) is 29.8 Å². The molecule has 0 N–H and O–H groups in total. The minimum Gasteiger partial charge on any atom is -0.480 e. The summed E-state index contributed by atoms with van der Waals surface area (Å²) in [5.74, 6) is -0.657. The number of carbonyl (C=O) groups is 1. The number of nitro benzene ring substituents is 1. The zero-order chi connectivity index (χ0) is 19.6. The average Bonchev–Trinajstić information content (AvgIpc) is 2.68. The molecule has 0 spiro atoms. The monoisotopic (exact) mass is 386 g/mol. The highest BCUT2D eigenvalue weighted by molar-refractivity contribution is 6.32. The molecule has 2 aromatic carbocycles. The summed E-state index contributed by atoms with van der Waals surface area (Å²) in [6.07, 6.45) is 0. The quantitative estimate of drug-likeness (QED) is 0.365. The minimum atomic E-state index is -0.667. The Morgan fingerprint density at radius 2 is 2.00 bits per heavy atom. The highest BCUT2D eigenvalue weighted by Crippen LogP contribution is 2.31. The molecule has 0 bridgehead atoms. The lowest BCUT2D eigenvalue weighted by molar-refractivity contribution is -0.386. The third-order valence-electron chi connectivity index (χ3n) is 4.09. The molecule has 3 rings (SSSR count). The van der Waals surface area contributed by atoms with Crippen molar-refractivity contribution >= 4 is 34.2 Å². The number of hydrogen-bond acceptors (Lipinski definition) is 6. The Morgan fingerprint density at radius 1 is 1.26 bits per heavy atom. The number of esters is 1. The second-order valence-electron chi connectivity index (χ2n) is 5.73. The lowest BCUT2D eigenvalue weighted by Crippen LogP contribution is -2.06. The van der Waals surface area contributed by atoms with Gasteiger partial charge >= 0.3 is 11.7 Å². The number of aromatic nitrogens is 1. The van der Waals surface area contributed by atoms with Crippen LogP contribution in [0.4, 0.5) is 5.69 Å². The van der Waals surface area contributed by atoms with Crippen molar-refractivity contribution in [1.29, 1.82) is 0 Å². The van der Waals surface area contributed by atoms with Crippen molar-refractivity contribution in [2.24, 2.45) is 0 Å². The van der Waals surface area contributed by atoms with Gasteiger partial charge in [-0.05, 0) is 30.7 Å². The first-order valence-corrected chi connectivity index (χ1v) is 8.33. The zero-order valence-electron chi connectivity index (χ0n) is 14.6. The summed E-state index contributed by atoms with van der Waals surface area (Å²) in [7, 11) is 1.20. The third kappa shape index (κ3) is 3.68. The molecule has 0 unspecified atom stereocenters. The third-order valence-corrected chi connectivity index (χ3v) is 4.59. The first-order chi connectivity index (χ1) is 12.9. The standard InChI is InChI=1S/C19H15ClN2O5/c1-11-13-5-3-4-6-14(13)21-15(18(11)20)10-27-17-8-7-12(19(23)26-2)9-16(17)22(24)25/h3-9H,10H2,1-2H3. The fourth-order valence-corrected chi connectivity index (χ4v) is 2.88. The van der Waals surface area contributed by atoms with E-state index in [2.05, 4.69) is 9.72 Å². The van der Waals surface area contributed by atoms with Gasteiger partial charge < -0.3 is 9.47 Å². The number of rotatable bonds is 5. The Hall–Kier alpha value is -3.19. The molecule has 1 aromatic heterocycles. The molecule has 138 valence electrons. The molecule has 1 heterocycles. The van der Waals surface area contributed by atoms with E-state index >= 15 is 0 Å². The van der Waals surface area contributed by atoms with E-state index in [9.17, 15) is 14.9 Å². The zero-order valence-corrected chi connectivity index (χ0v) is 15.3. The van der Waals surface area contributed by atoms with Crippen molar-refractivity contribution in [3.63, 3.8) is 0 Å². The van der Waals surface area contributed by atoms with Crippen LogP contribution in [0, 0.1) is 17.0 Å². The van der Waals surface area contributed by atoms with Gasteiger partial charge in [0, 0.05) is 11.5 Å². The molecule has 27 heavy (non-hydrogen) atoms. The largest absolute Gasteiger partial charge is 0.480 e.